The number of benzene rings is 1. The fourth-order valence-corrected chi connectivity index (χ4v) is 3.13. The van der Waals surface area contributed by atoms with Crippen molar-refractivity contribution in [3.8, 4) is 0 Å². The first-order valence-corrected chi connectivity index (χ1v) is 6.27. The lowest BCUT2D eigenvalue weighted by Gasteiger charge is -2.35. The molecule has 2 heterocycles. The molecule has 0 aliphatic carbocycles. The smallest absolute Gasteiger partial charge is 0.264 e. The maximum atomic E-state index is 12.6. The highest BCUT2D eigenvalue weighted by Gasteiger charge is 2.52. The van der Waals surface area contributed by atoms with Crippen molar-refractivity contribution in [2.75, 3.05) is 11.9 Å². The summed E-state index contributed by atoms with van der Waals surface area (Å²) < 4.78 is 6.05. The van der Waals surface area contributed by atoms with E-state index in [9.17, 15) is 4.79 Å². The maximum Gasteiger partial charge on any atom is 0.264 e. The van der Waals surface area contributed by atoms with Crippen LogP contribution in [-0.4, -0.2) is 19.1 Å². The molecule has 0 fully saturated rings. The second-order valence-electron chi connectivity index (χ2n) is 5.22. The zero-order valence-corrected chi connectivity index (χ0v) is 10.9. The standard InChI is InChI=1S/C15H17NO2/c1-10-8-11(2)18-15(9-10)12-6-4-5-7-13(12)16(3)14(15)17/h4-8,11H,9H2,1-3H3/t11-,15-/m1/s1. The molecule has 1 aromatic carbocycles. The Hall–Kier alpha value is -1.61. The van der Waals surface area contributed by atoms with Gasteiger partial charge in [-0.15, -0.1) is 0 Å². The molecule has 1 aromatic rings. The molecular formula is C15H17NO2. The molecule has 2 atom stereocenters. The lowest BCUT2D eigenvalue weighted by atomic mass is 9.86. The van der Waals surface area contributed by atoms with Gasteiger partial charge in [0.05, 0.1) is 11.8 Å². The molecule has 1 amide bonds. The van der Waals surface area contributed by atoms with Crippen molar-refractivity contribution in [1.29, 1.82) is 0 Å². The van der Waals surface area contributed by atoms with Crippen LogP contribution < -0.4 is 4.90 Å². The summed E-state index contributed by atoms with van der Waals surface area (Å²) in [6.07, 6.45) is 2.71. The first-order valence-electron chi connectivity index (χ1n) is 6.27. The SMILES string of the molecule is CC1=C[C@@H](C)O[C@@]2(C1)C(=O)N(C)c1ccccc12. The van der Waals surface area contributed by atoms with Gasteiger partial charge < -0.3 is 9.64 Å². The number of hydrogen-bond donors (Lipinski definition) is 0. The van der Waals surface area contributed by atoms with Gasteiger partial charge in [-0.25, -0.2) is 0 Å². The van der Waals surface area contributed by atoms with E-state index in [4.69, 9.17) is 4.74 Å². The second-order valence-corrected chi connectivity index (χ2v) is 5.22. The van der Waals surface area contributed by atoms with Crippen LogP contribution in [0.25, 0.3) is 0 Å². The number of amides is 1. The predicted molar refractivity (Wildman–Crippen MR) is 70.5 cm³/mol. The van der Waals surface area contributed by atoms with Crippen molar-refractivity contribution in [2.45, 2.75) is 32.0 Å². The van der Waals surface area contributed by atoms with E-state index in [1.165, 1.54) is 5.57 Å². The van der Waals surface area contributed by atoms with Gasteiger partial charge in [-0.05, 0) is 19.9 Å². The number of ether oxygens (including phenoxy) is 1. The van der Waals surface area contributed by atoms with Crippen LogP contribution in [0, 0.1) is 0 Å². The minimum atomic E-state index is -0.802. The van der Waals surface area contributed by atoms with Crippen molar-refractivity contribution in [1.82, 2.24) is 0 Å². The zero-order chi connectivity index (χ0) is 12.9. The highest BCUT2D eigenvalue weighted by Crippen LogP contribution is 2.47. The van der Waals surface area contributed by atoms with Crippen molar-refractivity contribution >= 4 is 11.6 Å². The van der Waals surface area contributed by atoms with Crippen LogP contribution in [0.5, 0.6) is 0 Å². The van der Waals surface area contributed by atoms with Crippen LogP contribution in [0.15, 0.2) is 35.9 Å². The molecule has 2 aliphatic heterocycles. The molecule has 3 rings (SSSR count). The maximum absolute atomic E-state index is 12.6. The molecule has 3 nitrogen and oxygen atoms in total. The van der Waals surface area contributed by atoms with Gasteiger partial charge in [0.15, 0.2) is 5.60 Å². The number of hydrogen-bond acceptors (Lipinski definition) is 2. The summed E-state index contributed by atoms with van der Waals surface area (Å²) in [4.78, 5) is 14.3. The Kier molecular flexibility index (Phi) is 2.35. The molecule has 18 heavy (non-hydrogen) atoms. The van der Waals surface area contributed by atoms with Crippen LogP contribution in [-0.2, 0) is 15.1 Å². The Labute approximate surface area is 107 Å². The van der Waals surface area contributed by atoms with Crippen LogP contribution >= 0.6 is 0 Å². The number of fused-ring (bicyclic) bond motifs is 2. The second kappa shape index (κ2) is 3.69. The average Bonchev–Trinajstić information content (AvgIpc) is 2.52. The van der Waals surface area contributed by atoms with Crippen LogP contribution in [0.2, 0.25) is 0 Å². The van der Waals surface area contributed by atoms with Crippen molar-refractivity contribution in [3.05, 3.63) is 41.5 Å². The summed E-state index contributed by atoms with van der Waals surface area (Å²) in [5, 5.41) is 0. The number of nitrogens with zero attached hydrogens (tertiary/aromatic N) is 1. The normalized spacial score (nSPS) is 30.6. The Bertz CT molecular complexity index is 549. The van der Waals surface area contributed by atoms with Gasteiger partial charge in [-0.1, -0.05) is 29.8 Å². The largest absolute Gasteiger partial charge is 0.353 e. The van der Waals surface area contributed by atoms with E-state index in [1.54, 1.807) is 4.90 Å². The molecule has 0 saturated heterocycles. The third kappa shape index (κ3) is 1.37. The van der Waals surface area contributed by atoms with Gasteiger partial charge in [0, 0.05) is 19.0 Å². The molecule has 94 valence electrons. The monoisotopic (exact) mass is 243 g/mol. The van der Waals surface area contributed by atoms with Crippen molar-refractivity contribution in [2.24, 2.45) is 0 Å². The average molecular weight is 243 g/mol. The van der Waals surface area contributed by atoms with Gasteiger partial charge in [0.25, 0.3) is 5.91 Å². The van der Waals surface area contributed by atoms with E-state index in [2.05, 4.69) is 13.0 Å². The number of para-hydroxylation sites is 1. The van der Waals surface area contributed by atoms with Crippen molar-refractivity contribution < 1.29 is 9.53 Å². The molecule has 3 heteroatoms. The summed E-state index contributed by atoms with van der Waals surface area (Å²) in [6, 6.07) is 7.90. The molecule has 0 saturated carbocycles. The Morgan fingerprint density at radius 2 is 2.11 bits per heavy atom. The number of carbonyl (C=O) groups excluding carboxylic acids is 1. The highest BCUT2D eigenvalue weighted by molar-refractivity contribution is 6.07. The molecular weight excluding hydrogens is 226 g/mol. The molecule has 1 spiro atoms. The summed E-state index contributed by atoms with van der Waals surface area (Å²) in [6.45, 7) is 4.05. The van der Waals surface area contributed by atoms with Gasteiger partial charge >= 0.3 is 0 Å². The quantitative estimate of drug-likeness (QED) is 0.655. The van der Waals surface area contributed by atoms with E-state index in [0.29, 0.717) is 6.42 Å². The fourth-order valence-electron chi connectivity index (χ4n) is 3.13. The van der Waals surface area contributed by atoms with E-state index >= 15 is 0 Å². The lowest BCUT2D eigenvalue weighted by molar-refractivity contribution is -0.149. The molecule has 0 bridgehead atoms. The zero-order valence-electron chi connectivity index (χ0n) is 10.9. The lowest BCUT2D eigenvalue weighted by Crippen LogP contribution is -2.44. The minimum absolute atomic E-state index is 0.0257. The van der Waals surface area contributed by atoms with E-state index in [-0.39, 0.29) is 12.0 Å². The van der Waals surface area contributed by atoms with Crippen LogP contribution in [0.1, 0.15) is 25.8 Å². The minimum Gasteiger partial charge on any atom is -0.353 e. The number of carbonyl (C=O) groups is 1. The van der Waals surface area contributed by atoms with E-state index in [0.717, 1.165) is 11.3 Å². The Balaban J connectivity index is 2.18. The van der Waals surface area contributed by atoms with E-state index in [1.807, 2.05) is 38.2 Å². The first kappa shape index (κ1) is 11.5. The van der Waals surface area contributed by atoms with Crippen LogP contribution in [0.4, 0.5) is 5.69 Å². The molecule has 0 N–H and O–H groups in total. The van der Waals surface area contributed by atoms with Gasteiger partial charge in [0.1, 0.15) is 0 Å². The number of rotatable bonds is 0. The van der Waals surface area contributed by atoms with Gasteiger partial charge in [0.2, 0.25) is 0 Å². The summed E-state index contributed by atoms with van der Waals surface area (Å²) in [5.41, 5.74) is 2.37. The predicted octanol–water partition coefficient (Wildman–Crippen LogP) is 2.61. The summed E-state index contributed by atoms with van der Waals surface area (Å²) in [7, 11) is 1.82. The summed E-state index contributed by atoms with van der Waals surface area (Å²) >= 11 is 0. The van der Waals surface area contributed by atoms with Crippen LogP contribution in [0.3, 0.4) is 0 Å². The molecule has 2 aliphatic rings. The fraction of sp³-hybridized carbons (Fsp3) is 0.400. The molecule has 0 radical (unpaired) electrons. The number of anilines is 1. The topological polar surface area (TPSA) is 29.5 Å². The third-order valence-corrected chi connectivity index (χ3v) is 3.78. The molecule has 0 unspecified atom stereocenters. The Morgan fingerprint density at radius 3 is 2.83 bits per heavy atom. The summed E-state index contributed by atoms with van der Waals surface area (Å²) in [5.74, 6) is 0.0444. The number of likely N-dealkylation sites (N-methyl/N-ethyl adjacent to an activating group) is 1. The van der Waals surface area contributed by atoms with Gasteiger partial charge in [-0.3, -0.25) is 4.79 Å². The van der Waals surface area contributed by atoms with Gasteiger partial charge in [-0.2, -0.15) is 0 Å². The Morgan fingerprint density at radius 1 is 1.39 bits per heavy atom. The van der Waals surface area contributed by atoms with Crippen molar-refractivity contribution in [3.63, 3.8) is 0 Å². The molecule has 0 aromatic heterocycles. The first-order chi connectivity index (χ1) is 8.54. The van der Waals surface area contributed by atoms with E-state index < -0.39 is 5.60 Å². The third-order valence-electron chi connectivity index (χ3n) is 3.78. The highest BCUT2D eigenvalue weighted by atomic mass is 16.5.